The molecule has 1 amide bonds. The van der Waals surface area contributed by atoms with Crippen LogP contribution < -0.4 is 5.43 Å². The molecule has 5 nitrogen and oxygen atoms in total. The van der Waals surface area contributed by atoms with Crippen molar-refractivity contribution in [3.63, 3.8) is 0 Å². The van der Waals surface area contributed by atoms with Gasteiger partial charge in [0.15, 0.2) is 0 Å². The van der Waals surface area contributed by atoms with Crippen LogP contribution in [0.1, 0.15) is 17.7 Å². The van der Waals surface area contributed by atoms with Crippen LogP contribution in [0.25, 0.3) is 10.9 Å². The fourth-order valence-electron chi connectivity index (χ4n) is 2.88. The second kappa shape index (κ2) is 6.20. The number of amides is 1. The Morgan fingerprint density at radius 3 is 2.83 bits per heavy atom. The molecule has 1 saturated carbocycles. The first-order valence-corrected chi connectivity index (χ1v) is 8.87. The predicted molar refractivity (Wildman–Crippen MR) is 93.9 cm³/mol. The molecule has 1 fully saturated rings. The minimum absolute atomic E-state index is 0.0483. The van der Waals surface area contributed by atoms with Gasteiger partial charge in [0.05, 0.1) is 18.3 Å². The number of carbonyl (C=O) groups is 1. The van der Waals surface area contributed by atoms with E-state index in [1.807, 2.05) is 34.5 Å². The molecule has 2 heterocycles. The van der Waals surface area contributed by atoms with Gasteiger partial charge in [0.2, 0.25) is 11.3 Å². The first-order chi connectivity index (χ1) is 11.7. The lowest BCUT2D eigenvalue weighted by Crippen LogP contribution is -2.35. The van der Waals surface area contributed by atoms with Crippen molar-refractivity contribution in [1.29, 1.82) is 0 Å². The maximum Gasteiger partial charge on any atom is 0.244 e. The maximum absolute atomic E-state index is 12.8. The number of hydrogen-bond donors (Lipinski definition) is 0. The minimum atomic E-state index is -0.119. The number of hydrogen-bond acceptors (Lipinski definition) is 4. The molecule has 4 rings (SSSR count). The Bertz CT molecular complexity index is 929. The van der Waals surface area contributed by atoms with E-state index in [4.69, 9.17) is 0 Å². The van der Waals surface area contributed by atoms with E-state index in [0.29, 0.717) is 23.5 Å². The average molecular weight is 339 g/mol. The smallest absolute Gasteiger partial charge is 0.244 e. The lowest BCUT2D eigenvalue weighted by molar-refractivity contribution is -0.133. The van der Waals surface area contributed by atoms with E-state index in [-0.39, 0.29) is 17.9 Å². The van der Waals surface area contributed by atoms with Crippen molar-refractivity contribution in [3.8, 4) is 0 Å². The molecule has 0 unspecified atom stereocenters. The van der Waals surface area contributed by atoms with Gasteiger partial charge in [-0.25, -0.2) is 0 Å². The summed E-state index contributed by atoms with van der Waals surface area (Å²) in [7, 11) is 0. The number of nitrogens with zero attached hydrogens (tertiary/aromatic N) is 3. The molecular formula is C18H17N3O2S. The number of aromatic nitrogens is 2. The summed E-state index contributed by atoms with van der Waals surface area (Å²) in [4.78, 5) is 27.9. The predicted octanol–water partition coefficient (Wildman–Crippen LogP) is 2.65. The lowest BCUT2D eigenvalue weighted by atomic mass is 10.2. The van der Waals surface area contributed by atoms with E-state index >= 15 is 0 Å². The third-order valence-electron chi connectivity index (χ3n) is 4.26. The number of carbonyl (C=O) groups excluding carboxylic acids is 1. The quantitative estimate of drug-likeness (QED) is 0.718. The summed E-state index contributed by atoms with van der Waals surface area (Å²) in [5.74, 6) is 0.0483. The van der Waals surface area contributed by atoms with Crippen molar-refractivity contribution in [2.45, 2.75) is 32.0 Å². The summed E-state index contributed by atoms with van der Waals surface area (Å²) < 4.78 is 1.63. The average Bonchev–Trinajstić information content (AvgIpc) is 3.31. The third-order valence-corrected chi connectivity index (χ3v) is 5.12. The molecule has 0 spiro atoms. The van der Waals surface area contributed by atoms with E-state index in [9.17, 15) is 9.59 Å². The van der Waals surface area contributed by atoms with E-state index < -0.39 is 0 Å². The molecule has 1 aliphatic carbocycles. The third kappa shape index (κ3) is 2.97. The minimum Gasteiger partial charge on any atom is -0.333 e. The summed E-state index contributed by atoms with van der Waals surface area (Å²) in [6, 6.07) is 11.7. The molecule has 122 valence electrons. The second-order valence-corrected chi connectivity index (χ2v) is 7.05. The Morgan fingerprint density at radius 2 is 2.08 bits per heavy atom. The zero-order valence-corrected chi connectivity index (χ0v) is 13.9. The summed E-state index contributed by atoms with van der Waals surface area (Å²) >= 11 is 1.67. The van der Waals surface area contributed by atoms with Crippen molar-refractivity contribution in [1.82, 2.24) is 14.7 Å². The molecule has 1 aliphatic rings. The molecule has 0 bridgehead atoms. The number of fused-ring (bicyclic) bond motifs is 1. The second-order valence-electron chi connectivity index (χ2n) is 6.02. The van der Waals surface area contributed by atoms with Crippen molar-refractivity contribution < 1.29 is 4.79 Å². The Kier molecular flexibility index (Phi) is 3.90. The van der Waals surface area contributed by atoms with Crippen LogP contribution in [0.15, 0.2) is 52.8 Å². The van der Waals surface area contributed by atoms with Crippen LogP contribution >= 0.6 is 11.3 Å². The fraction of sp³-hybridized carbons (Fsp3) is 0.278. The molecule has 3 aromatic rings. The van der Waals surface area contributed by atoms with Gasteiger partial charge in [-0.1, -0.05) is 18.2 Å². The van der Waals surface area contributed by atoms with E-state index in [1.54, 1.807) is 22.1 Å². The number of rotatable bonds is 5. The van der Waals surface area contributed by atoms with Crippen molar-refractivity contribution in [2.75, 3.05) is 0 Å². The highest BCUT2D eigenvalue weighted by Crippen LogP contribution is 2.29. The highest BCUT2D eigenvalue weighted by atomic mass is 32.1. The largest absolute Gasteiger partial charge is 0.333 e. The van der Waals surface area contributed by atoms with Crippen molar-refractivity contribution in [3.05, 3.63) is 63.1 Å². The van der Waals surface area contributed by atoms with Gasteiger partial charge in [0.25, 0.3) is 0 Å². The monoisotopic (exact) mass is 339 g/mol. The van der Waals surface area contributed by atoms with Crippen LogP contribution in [-0.4, -0.2) is 26.6 Å². The highest BCUT2D eigenvalue weighted by molar-refractivity contribution is 7.09. The number of thiophene rings is 1. The van der Waals surface area contributed by atoms with Gasteiger partial charge < -0.3 is 4.90 Å². The maximum atomic E-state index is 12.8. The fourth-order valence-corrected chi connectivity index (χ4v) is 3.59. The normalized spacial score (nSPS) is 14.0. The van der Waals surface area contributed by atoms with Gasteiger partial charge in [-0.05, 0) is 36.4 Å². The Labute approximate surface area is 143 Å². The van der Waals surface area contributed by atoms with Gasteiger partial charge >= 0.3 is 0 Å². The van der Waals surface area contributed by atoms with Gasteiger partial charge in [0.1, 0.15) is 6.54 Å². The zero-order valence-electron chi connectivity index (χ0n) is 13.1. The summed E-state index contributed by atoms with van der Waals surface area (Å²) in [5, 5.41) is 6.79. The Balaban J connectivity index is 1.61. The van der Waals surface area contributed by atoms with E-state index in [2.05, 4.69) is 11.2 Å². The molecule has 0 radical (unpaired) electrons. The molecule has 0 saturated heterocycles. The standard InChI is InChI=1S/C18H17N3O2S/c22-17-10-19-21(16-6-2-1-5-15(16)17)12-18(23)20(13-7-8-13)11-14-4-3-9-24-14/h1-6,9-10,13H,7-8,11-12H2. The van der Waals surface area contributed by atoms with Crippen LogP contribution in [-0.2, 0) is 17.9 Å². The number of benzene rings is 1. The first-order valence-electron chi connectivity index (χ1n) is 7.99. The Hall–Kier alpha value is -2.47. The zero-order chi connectivity index (χ0) is 16.5. The van der Waals surface area contributed by atoms with Crippen LogP contribution in [0, 0.1) is 0 Å². The molecule has 1 aromatic carbocycles. The molecule has 6 heteroatoms. The van der Waals surface area contributed by atoms with E-state index in [1.165, 1.54) is 11.1 Å². The van der Waals surface area contributed by atoms with Crippen molar-refractivity contribution in [2.24, 2.45) is 0 Å². The lowest BCUT2D eigenvalue weighted by Gasteiger charge is -2.22. The van der Waals surface area contributed by atoms with Crippen LogP contribution in [0.4, 0.5) is 0 Å². The molecule has 24 heavy (non-hydrogen) atoms. The van der Waals surface area contributed by atoms with Gasteiger partial charge in [-0.2, -0.15) is 5.10 Å². The van der Waals surface area contributed by atoms with E-state index in [0.717, 1.165) is 12.8 Å². The topological polar surface area (TPSA) is 55.2 Å². The molecule has 0 aliphatic heterocycles. The highest BCUT2D eigenvalue weighted by Gasteiger charge is 2.32. The number of para-hydroxylation sites is 1. The SMILES string of the molecule is O=C(Cn1ncc(=O)c2ccccc21)N(Cc1cccs1)C1CC1. The van der Waals surface area contributed by atoms with Gasteiger partial charge in [-0.15, -0.1) is 11.3 Å². The summed E-state index contributed by atoms with van der Waals surface area (Å²) in [6.07, 6.45) is 3.42. The summed E-state index contributed by atoms with van der Waals surface area (Å²) in [5.41, 5.74) is 0.581. The molecule has 0 N–H and O–H groups in total. The van der Waals surface area contributed by atoms with Crippen molar-refractivity contribution >= 4 is 28.1 Å². The van der Waals surface area contributed by atoms with Crippen LogP contribution in [0.5, 0.6) is 0 Å². The van der Waals surface area contributed by atoms with Gasteiger partial charge in [-0.3, -0.25) is 14.3 Å². The first kappa shape index (κ1) is 15.1. The molecule has 2 aromatic heterocycles. The molecule has 0 atom stereocenters. The molecular weight excluding hydrogens is 322 g/mol. The Morgan fingerprint density at radius 1 is 1.25 bits per heavy atom. The van der Waals surface area contributed by atoms with Crippen LogP contribution in [0.3, 0.4) is 0 Å². The van der Waals surface area contributed by atoms with Crippen LogP contribution in [0.2, 0.25) is 0 Å². The van der Waals surface area contributed by atoms with Gasteiger partial charge in [0, 0.05) is 16.3 Å². The summed E-state index contributed by atoms with van der Waals surface area (Å²) in [6.45, 7) is 0.808.